The van der Waals surface area contributed by atoms with Crippen molar-refractivity contribution in [2.24, 2.45) is 0 Å². The lowest BCUT2D eigenvalue weighted by Crippen LogP contribution is -2.14. The smallest absolute Gasteiger partial charge is 0.338 e. The number of carbonyl (C=O) groups is 2. The van der Waals surface area contributed by atoms with Gasteiger partial charge in [-0.15, -0.1) is 0 Å². The third-order valence-electron chi connectivity index (χ3n) is 2.60. The Kier molecular flexibility index (Phi) is 4.77. The van der Waals surface area contributed by atoms with E-state index in [0.717, 1.165) is 0 Å². The van der Waals surface area contributed by atoms with E-state index in [2.05, 4.69) is 15.0 Å². The number of aromatic nitrogens is 1. The molecule has 1 amide bonds. The van der Waals surface area contributed by atoms with E-state index in [9.17, 15) is 9.59 Å². The van der Waals surface area contributed by atoms with E-state index in [1.807, 2.05) is 0 Å². The molecule has 0 fully saturated rings. The molecular weight excluding hydrogens is 315 g/mol. The first kappa shape index (κ1) is 15.3. The van der Waals surface area contributed by atoms with Crippen molar-refractivity contribution in [2.45, 2.75) is 0 Å². The van der Waals surface area contributed by atoms with Crippen LogP contribution in [0, 0.1) is 0 Å². The van der Waals surface area contributed by atoms with Gasteiger partial charge in [-0.3, -0.25) is 4.79 Å². The maximum Gasteiger partial charge on any atom is 0.338 e. The van der Waals surface area contributed by atoms with Gasteiger partial charge in [0.25, 0.3) is 5.91 Å². The number of amides is 1. The van der Waals surface area contributed by atoms with Gasteiger partial charge in [0.05, 0.1) is 23.3 Å². The van der Waals surface area contributed by atoms with Gasteiger partial charge in [-0.05, 0) is 30.3 Å². The number of benzene rings is 1. The van der Waals surface area contributed by atoms with Gasteiger partial charge in [-0.2, -0.15) is 0 Å². The number of halogens is 2. The van der Waals surface area contributed by atoms with E-state index in [0.29, 0.717) is 5.02 Å². The van der Waals surface area contributed by atoms with E-state index in [1.165, 1.54) is 37.6 Å². The van der Waals surface area contributed by atoms with Crippen LogP contribution in [0.5, 0.6) is 0 Å². The second-order valence-electron chi connectivity index (χ2n) is 4.00. The molecule has 0 saturated carbocycles. The quantitative estimate of drug-likeness (QED) is 0.878. The monoisotopic (exact) mass is 324 g/mol. The molecular formula is C14H10Cl2N2O3. The first-order valence-corrected chi connectivity index (χ1v) is 6.57. The zero-order valence-corrected chi connectivity index (χ0v) is 12.4. The van der Waals surface area contributed by atoms with Crippen molar-refractivity contribution in [3.8, 4) is 0 Å². The summed E-state index contributed by atoms with van der Waals surface area (Å²) in [4.78, 5) is 27.5. The zero-order valence-electron chi connectivity index (χ0n) is 10.9. The van der Waals surface area contributed by atoms with Crippen molar-refractivity contribution in [1.82, 2.24) is 4.98 Å². The Balaban J connectivity index is 2.21. The molecule has 0 atom stereocenters. The topological polar surface area (TPSA) is 68.3 Å². The number of hydrogen-bond acceptors (Lipinski definition) is 4. The Hall–Kier alpha value is -2.11. The van der Waals surface area contributed by atoms with E-state index >= 15 is 0 Å². The number of nitrogens with zero attached hydrogens (tertiary/aromatic N) is 1. The van der Waals surface area contributed by atoms with E-state index in [4.69, 9.17) is 23.2 Å². The Morgan fingerprint density at radius 1 is 1.19 bits per heavy atom. The van der Waals surface area contributed by atoms with Crippen LogP contribution in [0.2, 0.25) is 10.0 Å². The molecule has 0 aliphatic heterocycles. The second-order valence-corrected chi connectivity index (χ2v) is 4.84. The molecule has 2 rings (SSSR count). The van der Waals surface area contributed by atoms with Gasteiger partial charge in [0.1, 0.15) is 5.82 Å². The molecule has 5 nitrogen and oxygen atoms in total. The molecule has 0 radical (unpaired) electrons. The molecule has 7 heteroatoms. The van der Waals surface area contributed by atoms with Crippen LogP contribution >= 0.6 is 23.2 Å². The summed E-state index contributed by atoms with van der Waals surface area (Å²) in [5.74, 6) is -0.752. The highest BCUT2D eigenvalue weighted by Crippen LogP contribution is 2.22. The summed E-state index contributed by atoms with van der Waals surface area (Å²) in [5.41, 5.74) is 0.538. The number of ether oxygens (including phenoxy) is 1. The predicted octanol–water partition coefficient (Wildman–Crippen LogP) is 3.43. The number of esters is 1. The van der Waals surface area contributed by atoms with Crippen LogP contribution in [0.3, 0.4) is 0 Å². The van der Waals surface area contributed by atoms with Crippen LogP contribution < -0.4 is 5.32 Å². The Bertz CT molecular complexity index is 704. The molecule has 0 aliphatic rings. The fourth-order valence-corrected chi connectivity index (χ4v) is 2.10. The van der Waals surface area contributed by atoms with Crippen LogP contribution in [-0.2, 0) is 4.74 Å². The summed E-state index contributed by atoms with van der Waals surface area (Å²) in [6.45, 7) is 0. The van der Waals surface area contributed by atoms with Crippen LogP contribution in [0.4, 0.5) is 5.82 Å². The minimum atomic E-state index is -0.516. The highest BCUT2D eigenvalue weighted by atomic mass is 35.5. The highest BCUT2D eigenvalue weighted by Gasteiger charge is 2.13. The van der Waals surface area contributed by atoms with Gasteiger partial charge in [0.2, 0.25) is 0 Å². The molecule has 0 aliphatic carbocycles. The van der Waals surface area contributed by atoms with Gasteiger partial charge in [-0.1, -0.05) is 23.2 Å². The van der Waals surface area contributed by atoms with Crippen molar-refractivity contribution in [3.63, 3.8) is 0 Å². The molecule has 1 heterocycles. The third-order valence-corrected chi connectivity index (χ3v) is 3.15. The first-order valence-electron chi connectivity index (χ1n) is 5.82. The molecule has 1 N–H and O–H groups in total. The van der Waals surface area contributed by atoms with Crippen LogP contribution in [0.25, 0.3) is 0 Å². The van der Waals surface area contributed by atoms with Gasteiger partial charge in [0, 0.05) is 11.2 Å². The Morgan fingerprint density at radius 2 is 1.95 bits per heavy atom. The third kappa shape index (κ3) is 3.71. The molecule has 0 spiro atoms. The van der Waals surface area contributed by atoms with Crippen LogP contribution in [-0.4, -0.2) is 24.0 Å². The minimum absolute atomic E-state index is 0.217. The van der Waals surface area contributed by atoms with E-state index in [1.54, 1.807) is 6.07 Å². The minimum Gasteiger partial charge on any atom is -0.465 e. The summed E-state index contributed by atoms with van der Waals surface area (Å²) in [5, 5.41) is 3.21. The van der Waals surface area contributed by atoms with Gasteiger partial charge in [0.15, 0.2) is 0 Å². The number of rotatable bonds is 3. The van der Waals surface area contributed by atoms with Crippen LogP contribution in [0.15, 0.2) is 36.5 Å². The molecule has 108 valence electrons. The standard InChI is InChI=1S/C14H10Cl2N2O3/c1-21-14(20)8-4-5-17-12(6-8)18-13(19)10-3-2-9(15)7-11(10)16/h2-7H,1H3,(H,17,18,19). The van der Waals surface area contributed by atoms with E-state index in [-0.39, 0.29) is 22.0 Å². The Labute approximate surface area is 130 Å². The maximum absolute atomic E-state index is 12.1. The predicted molar refractivity (Wildman–Crippen MR) is 80.0 cm³/mol. The molecule has 1 aromatic heterocycles. The number of anilines is 1. The number of pyridine rings is 1. The van der Waals surface area contributed by atoms with Crippen LogP contribution in [0.1, 0.15) is 20.7 Å². The summed E-state index contributed by atoms with van der Waals surface area (Å²) in [7, 11) is 1.27. The normalized spacial score (nSPS) is 10.0. The lowest BCUT2D eigenvalue weighted by atomic mass is 10.2. The largest absolute Gasteiger partial charge is 0.465 e. The molecule has 21 heavy (non-hydrogen) atoms. The van der Waals surface area contributed by atoms with Gasteiger partial charge >= 0.3 is 5.97 Å². The molecule has 1 aromatic carbocycles. The summed E-state index contributed by atoms with van der Waals surface area (Å²) in [6, 6.07) is 7.42. The van der Waals surface area contributed by atoms with Crippen molar-refractivity contribution in [1.29, 1.82) is 0 Å². The number of nitrogens with one attached hydrogen (secondary N) is 1. The first-order chi connectivity index (χ1) is 10.0. The number of carbonyl (C=O) groups excluding carboxylic acids is 2. The van der Waals surface area contributed by atoms with Crippen molar-refractivity contribution < 1.29 is 14.3 Å². The summed E-state index contributed by atoms with van der Waals surface area (Å²) in [6.07, 6.45) is 1.39. The molecule has 0 saturated heterocycles. The SMILES string of the molecule is COC(=O)c1ccnc(NC(=O)c2ccc(Cl)cc2Cl)c1. The maximum atomic E-state index is 12.1. The lowest BCUT2D eigenvalue weighted by Gasteiger charge is -2.07. The molecule has 0 bridgehead atoms. The lowest BCUT2D eigenvalue weighted by molar-refractivity contribution is 0.0600. The summed E-state index contributed by atoms with van der Waals surface area (Å²) < 4.78 is 4.60. The number of methoxy groups -OCH3 is 1. The molecule has 0 unspecified atom stereocenters. The average molecular weight is 325 g/mol. The Morgan fingerprint density at radius 3 is 2.62 bits per heavy atom. The molecule has 2 aromatic rings. The fourth-order valence-electron chi connectivity index (χ4n) is 1.60. The van der Waals surface area contributed by atoms with Crippen molar-refractivity contribution in [3.05, 3.63) is 57.7 Å². The van der Waals surface area contributed by atoms with Gasteiger partial charge in [-0.25, -0.2) is 9.78 Å². The highest BCUT2D eigenvalue weighted by molar-refractivity contribution is 6.37. The van der Waals surface area contributed by atoms with Crippen molar-refractivity contribution >= 4 is 40.9 Å². The van der Waals surface area contributed by atoms with Crippen molar-refractivity contribution in [2.75, 3.05) is 12.4 Å². The zero-order chi connectivity index (χ0) is 15.4. The second kappa shape index (κ2) is 6.56. The average Bonchev–Trinajstić information content (AvgIpc) is 2.46. The van der Waals surface area contributed by atoms with E-state index < -0.39 is 11.9 Å². The van der Waals surface area contributed by atoms with Gasteiger partial charge < -0.3 is 10.1 Å². The number of hydrogen-bond donors (Lipinski definition) is 1. The fraction of sp³-hybridized carbons (Fsp3) is 0.0714. The summed E-state index contributed by atoms with van der Waals surface area (Å²) >= 11 is 11.7.